The fourth-order valence-electron chi connectivity index (χ4n) is 3.38. The van der Waals surface area contributed by atoms with Crippen LogP contribution in [-0.2, 0) is 6.42 Å². The number of rotatable bonds is 8. The van der Waals surface area contributed by atoms with Crippen LogP contribution >= 0.6 is 15.9 Å². The molecule has 0 N–H and O–H groups in total. The van der Waals surface area contributed by atoms with Crippen LogP contribution in [0.2, 0.25) is 0 Å². The van der Waals surface area contributed by atoms with E-state index in [4.69, 9.17) is 9.15 Å². The lowest BCUT2D eigenvalue weighted by molar-refractivity contribution is 0.340. The second kappa shape index (κ2) is 9.96. The molecular formula is C25H24BrN3O3. The van der Waals surface area contributed by atoms with Crippen LogP contribution in [0, 0.1) is 0 Å². The van der Waals surface area contributed by atoms with E-state index in [1.807, 2.05) is 55.5 Å². The molecule has 0 fully saturated rings. The van der Waals surface area contributed by atoms with Crippen molar-refractivity contribution in [1.82, 2.24) is 9.66 Å². The van der Waals surface area contributed by atoms with Crippen molar-refractivity contribution in [3.8, 4) is 17.1 Å². The molecule has 4 aromatic rings. The van der Waals surface area contributed by atoms with Crippen molar-refractivity contribution in [3.63, 3.8) is 0 Å². The van der Waals surface area contributed by atoms with E-state index in [-0.39, 0.29) is 5.56 Å². The molecule has 32 heavy (non-hydrogen) atoms. The lowest BCUT2D eigenvalue weighted by atomic mass is 10.2. The lowest BCUT2D eigenvalue weighted by Gasteiger charge is -2.09. The fourth-order valence-corrected chi connectivity index (χ4v) is 3.75. The number of unbranched alkanes of at least 4 members (excludes halogenated alkanes) is 1. The van der Waals surface area contributed by atoms with E-state index >= 15 is 0 Å². The highest BCUT2D eigenvalue weighted by atomic mass is 79.9. The van der Waals surface area contributed by atoms with Gasteiger partial charge in [0.25, 0.3) is 5.56 Å². The summed E-state index contributed by atoms with van der Waals surface area (Å²) >= 11 is 3.43. The number of halogens is 1. The Hall–Kier alpha value is -3.19. The molecule has 0 aliphatic heterocycles. The first-order valence-electron chi connectivity index (χ1n) is 10.7. The molecule has 0 aliphatic rings. The fraction of sp³-hybridized carbons (Fsp3) is 0.240. The molecule has 0 aliphatic carbocycles. The Kier molecular flexibility index (Phi) is 6.85. The summed E-state index contributed by atoms with van der Waals surface area (Å²) in [7, 11) is 0. The van der Waals surface area contributed by atoms with Crippen LogP contribution in [0.25, 0.3) is 22.2 Å². The third-order valence-electron chi connectivity index (χ3n) is 5.01. The molecule has 0 saturated carbocycles. The van der Waals surface area contributed by atoms with Gasteiger partial charge in [0.1, 0.15) is 23.1 Å². The minimum atomic E-state index is -0.197. The predicted octanol–water partition coefficient (Wildman–Crippen LogP) is 6.04. The van der Waals surface area contributed by atoms with Crippen LogP contribution in [0.5, 0.6) is 5.75 Å². The summed E-state index contributed by atoms with van der Waals surface area (Å²) in [6.07, 6.45) is 4.15. The summed E-state index contributed by atoms with van der Waals surface area (Å²) in [5.74, 6) is 2.73. The van der Waals surface area contributed by atoms with Crippen molar-refractivity contribution in [2.75, 3.05) is 6.61 Å². The highest BCUT2D eigenvalue weighted by Gasteiger charge is 2.11. The largest absolute Gasteiger partial charge is 0.494 e. The van der Waals surface area contributed by atoms with Gasteiger partial charge in [-0.2, -0.15) is 9.78 Å². The zero-order valence-corrected chi connectivity index (χ0v) is 19.6. The topological polar surface area (TPSA) is 69.6 Å². The van der Waals surface area contributed by atoms with Gasteiger partial charge in [0.2, 0.25) is 0 Å². The Morgan fingerprint density at radius 1 is 1.12 bits per heavy atom. The zero-order valence-electron chi connectivity index (χ0n) is 18.0. The van der Waals surface area contributed by atoms with Crippen LogP contribution in [0.4, 0.5) is 0 Å². The Morgan fingerprint density at radius 3 is 2.69 bits per heavy atom. The first kappa shape index (κ1) is 22.0. The standard InChI is InChI=1S/C25H24BrN3O3/c1-3-5-6-24-28-22-13-9-18(26)15-21(22)25(30)29(24)27-16-20-12-14-23(32-20)17-7-10-19(11-8-17)31-4-2/h7-16H,3-6H2,1-2H3. The van der Waals surface area contributed by atoms with Gasteiger partial charge in [-0.05, 0) is 67.9 Å². The molecule has 2 aromatic carbocycles. The van der Waals surface area contributed by atoms with Gasteiger partial charge in [-0.25, -0.2) is 4.98 Å². The molecule has 0 unspecified atom stereocenters. The van der Waals surface area contributed by atoms with Crippen molar-refractivity contribution in [2.24, 2.45) is 5.10 Å². The van der Waals surface area contributed by atoms with Crippen molar-refractivity contribution in [2.45, 2.75) is 33.1 Å². The van der Waals surface area contributed by atoms with E-state index in [2.05, 4.69) is 32.9 Å². The average molecular weight is 494 g/mol. The Labute approximate surface area is 194 Å². The van der Waals surface area contributed by atoms with Crippen LogP contribution in [-0.4, -0.2) is 22.5 Å². The van der Waals surface area contributed by atoms with Gasteiger partial charge in [0.15, 0.2) is 0 Å². The number of furan rings is 1. The number of benzene rings is 2. The summed E-state index contributed by atoms with van der Waals surface area (Å²) in [6, 6.07) is 16.9. The Morgan fingerprint density at radius 2 is 1.94 bits per heavy atom. The molecular weight excluding hydrogens is 470 g/mol. The van der Waals surface area contributed by atoms with Crippen LogP contribution in [0.1, 0.15) is 38.3 Å². The number of hydrogen-bond acceptors (Lipinski definition) is 5. The average Bonchev–Trinajstić information content (AvgIpc) is 3.27. The van der Waals surface area contributed by atoms with Gasteiger partial charge in [-0.3, -0.25) is 4.79 Å². The van der Waals surface area contributed by atoms with E-state index in [0.717, 1.165) is 28.6 Å². The number of aromatic nitrogens is 2. The van der Waals surface area contributed by atoms with E-state index in [0.29, 0.717) is 41.3 Å². The number of aryl methyl sites for hydroxylation is 1. The molecule has 0 bridgehead atoms. The minimum Gasteiger partial charge on any atom is -0.494 e. The second-order valence-corrected chi connectivity index (χ2v) is 8.23. The van der Waals surface area contributed by atoms with Gasteiger partial charge in [-0.15, -0.1) is 0 Å². The van der Waals surface area contributed by atoms with Gasteiger partial charge >= 0.3 is 0 Å². The van der Waals surface area contributed by atoms with E-state index in [9.17, 15) is 4.79 Å². The highest BCUT2D eigenvalue weighted by Crippen LogP contribution is 2.24. The highest BCUT2D eigenvalue weighted by molar-refractivity contribution is 9.10. The predicted molar refractivity (Wildman–Crippen MR) is 131 cm³/mol. The maximum Gasteiger partial charge on any atom is 0.282 e. The van der Waals surface area contributed by atoms with Gasteiger partial charge in [-0.1, -0.05) is 29.3 Å². The Bertz CT molecular complexity index is 1310. The second-order valence-electron chi connectivity index (χ2n) is 7.31. The van der Waals surface area contributed by atoms with Crippen molar-refractivity contribution >= 4 is 33.0 Å². The molecule has 7 heteroatoms. The molecule has 2 aromatic heterocycles. The third-order valence-corrected chi connectivity index (χ3v) is 5.50. The van der Waals surface area contributed by atoms with Crippen molar-refractivity contribution in [1.29, 1.82) is 0 Å². The SMILES string of the molecule is CCCCc1nc2ccc(Br)cc2c(=O)n1N=Cc1ccc(-c2ccc(OCC)cc2)o1. The number of fused-ring (bicyclic) bond motifs is 1. The maximum absolute atomic E-state index is 13.1. The maximum atomic E-state index is 13.1. The van der Waals surface area contributed by atoms with Crippen molar-refractivity contribution < 1.29 is 9.15 Å². The Balaban J connectivity index is 1.66. The minimum absolute atomic E-state index is 0.197. The van der Waals surface area contributed by atoms with E-state index < -0.39 is 0 Å². The van der Waals surface area contributed by atoms with Gasteiger partial charge < -0.3 is 9.15 Å². The lowest BCUT2D eigenvalue weighted by Crippen LogP contribution is -2.22. The number of nitrogens with zero attached hydrogens (tertiary/aromatic N) is 3. The molecule has 0 amide bonds. The summed E-state index contributed by atoms with van der Waals surface area (Å²) < 4.78 is 13.6. The third kappa shape index (κ3) is 4.83. The quantitative estimate of drug-likeness (QED) is 0.280. The number of ether oxygens (including phenoxy) is 1. The van der Waals surface area contributed by atoms with Gasteiger partial charge in [0.05, 0.1) is 23.7 Å². The van der Waals surface area contributed by atoms with E-state index in [1.165, 1.54) is 4.68 Å². The molecule has 0 atom stereocenters. The smallest absolute Gasteiger partial charge is 0.282 e. The molecule has 0 saturated heterocycles. The molecule has 6 nitrogen and oxygen atoms in total. The van der Waals surface area contributed by atoms with E-state index in [1.54, 1.807) is 12.3 Å². The summed E-state index contributed by atoms with van der Waals surface area (Å²) in [4.78, 5) is 17.8. The molecule has 164 valence electrons. The van der Waals surface area contributed by atoms with Crippen LogP contribution in [0.15, 0.2) is 73.4 Å². The molecule has 2 heterocycles. The van der Waals surface area contributed by atoms with Crippen LogP contribution < -0.4 is 10.3 Å². The zero-order chi connectivity index (χ0) is 22.5. The molecule has 0 spiro atoms. The monoisotopic (exact) mass is 493 g/mol. The normalized spacial score (nSPS) is 11.5. The summed E-state index contributed by atoms with van der Waals surface area (Å²) in [6.45, 7) is 4.69. The summed E-state index contributed by atoms with van der Waals surface area (Å²) in [5.41, 5.74) is 1.41. The first-order chi connectivity index (χ1) is 15.6. The first-order valence-corrected chi connectivity index (χ1v) is 11.5. The van der Waals surface area contributed by atoms with Crippen molar-refractivity contribution in [3.05, 3.63) is 81.0 Å². The number of hydrogen-bond donors (Lipinski definition) is 0. The van der Waals surface area contributed by atoms with Crippen LogP contribution in [0.3, 0.4) is 0 Å². The molecule has 0 radical (unpaired) electrons. The van der Waals surface area contributed by atoms with Gasteiger partial charge in [0, 0.05) is 16.5 Å². The summed E-state index contributed by atoms with van der Waals surface area (Å²) in [5, 5.41) is 4.96. The molecule has 4 rings (SSSR count).